The van der Waals surface area contributed by atoms with Gasteiger partial charge >= 0.3 is 0 Å². The first kappa shape index (κ1) is 7.56. The van der Waals surface area contributed by atoms with Crippen molar-refractivity contribution in [2.24, 2.45) is 11.3 Å². The number of hydrogen-bond donors (Lipinski definition) is 0. The molecule has 2 heteroatoms. The minimum absolute atomic E-state index is 0.0984. The third kappa shape index (κ3) is 0.695. The van der Waals surface area contributed by atoms with Gasteiger partial charge in [0.2, 0.25) is 0 Å². The molecule has 1 atom stereocenters. The Labute approximate surface area is 67.9 Å². The van der Waals surface area contributed by atoms with E-state index in [0.717, 1.165) is 19.8 Å². The van der Waals surface area contributed by atoms with Crippen molar-refractivity contribution in [3.63, 3.8) is 0 Å². The Morgan fingerprint density at radius 3 is 1.91 bits per heavy atom. The van der Waals surface area contributed by atoms with E-state index in [1.165, 1.54) is 0 Å². The highest BCUT2D eigenvalue weighted by Crippen LogP contribution is 2.53. The van der Waals surface area contributed by atoms with E-state index in [0.29, 0.717) is 11.3 Å². The second-order valence-corrected chi connectivity index (χ2v) is 4.35. The standard InChI is InChI=1S/C9H16O2/c1-7(2)8(3)4-11-9(8)5-10-6-9/h7H,4-6H2,1-3H3. The topological polar surface area (TPSA) is 18.5 Å². The van der Waals surface area contributed by atoms with Gasteiger partial charge in [-0.2, -0.15) is 0 Å². The first-order chi connectivity index (χ1) is 5.11. The first-order valence-electron chi connectivity index (χ1n) is 4.32. The molecule has 1 spiro atoms. The zero-order chi connectivity index (χ0) is 8.11. The van der Waals surface area contributed by atoms with Crippen LogP contribution < -0.4 is 0 Å². The van der Waals surface area contributed by atoms with Crippen LogP contribution in [-0.2, 0) is 9.47 Å². The van der Waals surface area contributed by atoms with Gasteiger partial charge in [0, 0.05) is 5.41 Å². The lowest BCUT2D eigenvalue weighted by molar-refractivity contribution is -0.363. The molecular formula is C9H16O2. The zero-order valence-electron chi connectivity index (χ0n) is 7.52. The molecule has 1 unspecified atom stereocenters. The molecule has 0 radical (unpaired) electrons. The summed E-state index contributed by atoms with van der Waals surface area (Å²) in [6.45, 7) is 9.37. The van der Waals surface area contributed by atoms with Crippen molar-refractivity contribution in [1.82, 2.24) is 0 Å². The van der Waals surface area contributed by atoms with Crippen LogP contribution in [0.5, 0.6) is 0 Å². The average molecular weight is 156 g/mol. The maximum Gasteiger partial charge on any atom is 0.122 e. The van der Waals surface area contributed by atoms with Crippen LogP contribution in [0, 0.1) is 11.3 Å². The fraction of sp³-hybridized carbons (Fsp3) is 1.00. The lowest BCUT2D eigenvalue weighted by atomic mass is 9.61. The highest BCUT2D eigenvalue weighted by molar-refractivity contribution is 5.10. The van der Waals surface area contributed by atoms with Crippen molar-refractivity contribution in [3.8, 4) is 0 Å². The second kappa shape index (κ2) is 1.99. The Hall–Kier alpha value is -0.0800. The van der Waals surface area contributed by atoms with Gasteiger partial charge in [0.25, 0.3) is 0 Å². The summed E-state index contributed by atoms with van der Waals surface area (Å²) in [4.78, 5) is 0. The van der Waals surface area contributed by atoms with Gasteiger partial charge in [0.15, 0.2) is 0 Å². The molecule has 0 N–H and O–H groups in total. The Kier molecular flexibility index (Phi) is 1.37. The lowest BCUT2D eigenvalue weighted by Gasteiger charge is -2.63. The van der Waals surface area contributed by atoms with Gasteiger partial charge in [-0.1, -0.05) is 20.8 Å². The van der Waals surface area contributed by atoms with Gasteiger partial charge < -0.3 is 9.47 Å². The summed E-state index contributed by atoms with van der Waals surface area (Å²) in [6.07, 6.45) is 0. The van der Waals surface area contributed by atoms with E-state index in [1.807, 2.05) is 0 Å². The van der Waals surface area contributed by atoms with Crippen molar-refractivity contribution in [1.29, 1.82) is 0 Å². The summed E-state index contributed by atoms with van der Waals surface area (Å²) < 4.78 is 10.8. The smallest absolute Gasteiger partial charge is 0.122 e. The second-order valence-electron chi connectivity index (χ2n) is 4.35. The van der Waals surface area contributed by atoms with Crippen LogP contribution in [0.3, 0.4) is 0 Å². The molecule has 2 heterocycles. The fourth-order valence-corrected chi connectivity index (χ4v) is 1.90. The molecule has 2 aliphatic heterocycles. The monoisotopic (exact) mass is 156 g/mol. The maximum atomic E-state index is 5.61. The van der Waals surface area contributed by atoms with Crippen molar-refractivity contribution in [2.75, 3.05) is 19.8 Å². The van der Waals surface area contributed by atoms with Gasteiger partial charge in [-0.25, -0.2) is 0 Å². The van der Waals surface area contributed by atoms with Crippen LogP contribution in [0.4, 0.5) is 0 Å². The van der Waals surface area contributed by atoms with E-state index >= 15 is 0 Å². The fourth-order valence-electron chi connectivity index (χ4n) is 1.90. The normalized spacial score (nSPS) is 40.4. The van der Waals surface area contributed by atoms with E-state index in [2.05, 4.69) is 20.8 Å². The van der Waals surface area contributed by atoms with E-state index in [1.54, 1.807) is 0 Å². The van der Waals surface area contributed by atoms with Crippen LogP contribution in [-0.4, -0.2) is 25.4 Å². The minimum Gasteiger partial charge on any atom is -0.375 e. The molecule has 0 amide bonds. The van der Waals surface area contributed by atoms with Crippen molar-refractivity contribution in [2.45, 2.75) is 26.4 Å². The molecule has 0 saturated carbocycles. The highest BCUT2D eigenvalue weighted by atomic mass is 16.6. The number of ether oxygens (including phenoxy) is 2. The third-order valence-electron chi connectivity index (χ3n) is 3.63. The van der Waals surface area contributed by atoms with Crippen LogP contribution in [0.2, 0.25) is 0 Å². The Balaban J connectivity index is 2.14. The summed E-state index contributed by atoms with van der Waals surface area (Å²) in [5, 5.41) is 0. The van der Waals surface area contributed by atoms with Crippen molar-refractivity contribution in [3.05, 3.63) is 0 Å². The van der Waals surface area contributed by atoms with Gasteiger partial charge in [0.05, 0.1) is 19.8 Å². The van der Waals surface area contributed by atoms with Crippen LogP contribution in [0.1, 0.15) is 20.8 Å². The van der Waals surface area contributed by atoms with Crippen molar-refractivity contribution < 1.29 is 9.47 Å². The van der Waals surface area contributed by atoms with Gasteiger partial charge in [-0.15, -0.1) is 0 Å². The Morgan fingerprint density at radius 2 is 1.82 bits per heavy atom. The predicted molar refractivity (Wildman–Crippen MR) is 42.4 cm³/mol. The number of rotatable bonds is 1. The molecular weight excluding hydrogens is 140 g/mol. The average Bonchev–Trinajstić information content (AvgIpc) is 1.80. The highest BCUT2D eigenvalue weighted by Gasteiger charge is 2.63. The number of hydrogen-bond acceptors (Lipinski definition) is 2. The van der Waals surface area contributed by atoms with Gasteiger partial charge in [0.1, 0.15) is 5.60 Å². The van der Waals surface area contributed by atoms with E-state index in [-0.39, 0.29) is 5.60 Å². The van der Waals surface area contributed by atoms with E-state index in [4.69, 9.17) is 9.47 Å². The predicted octanol–water partition coefficient (Wildman–Crippen LogP) is 1.45. The summed E-state index contributed by atoms with van der Waals surface area (Å²) in [5.74, 6) is 0.695. The Morgan fingerprint density at radius 1 is 1.18 bits per heavy atom. The molecule has 2 saturated heterocycles. The molecule has 0 aromatic carbocycles. The summed E-state index contributed by atoms with van der Waals surface area (Å²) in [5.41, 5.74) is 0.465. The molecule has 2 aliphatic rings. The molecule has 11 heavy (non-hydrogen) atoms. The van der Waals surface area contributed by atoms with Crippen LogP contribution in [0.15, 0.2) is 0 Å². The molecule has 0 aromatic heterocycles. The van der Waals surface area contributed by atoms with E-state index in [9.17, 15) is 0 Å². The third-order valence-corrected chi connectivity index (χ3v) is 3.63. The zero-order valence-corrected chi connectivity index (χ0v) is 7.52. The first-order valence-corrected chi connectivity index (χ1v) is 4.32. The molecule has 0 aliphatic carbocycles. The van der Waals surface area contributed by atoms with Gasteiger partial charge in [-0.05, 0) is 5.92 Å². The van der Waals surface area contributed by atoms with Gasteiger partial charge in [-0.3, -0.25) is 0 Å². The minimum atomic E-state index is 0.0984. The molecule has 2 rings (SSSR count). The molecule has 0 bridgehead atoms. The lowest BCUT2D eigenvalue weighted by Crippen LogP contribution is -2.73. The van der Waals surface area contributed by atoms with Crippen molar-refractivity contribution >= 4 is 0 Å². The summed E-state index contributed by atoms with van der Waals surface area (Å²) in [6, 6.07) is 0. The molecule has 2 nitrogen and oxygen atoms in total. The molecule has 2 fully saturated rings. The molecule has 0 aromatic rings. The van der Waals surface area contributed by atoms with Crippen LogP contribution in [0.25, 0.3) is 0 Å². The summed E-state index contributed by atoms with van der Waals surface area (Å²) in [7, 11) is 0. The quantitative estimate of drug-likeness (QED) is 0.572. The van der Waals surface area contributed by atoms with Crippen LogP contribution >= 0.6 is 0 Å². The summed E-state index contributed by atoms with van der Waals surface area (Å²) >= 11 is 0. The van der Waals surface area contributed by atoms with E-state index < -0.39 is 0 Å². The largest absolute Gasteiger partial charge is 0.375 e. The molecule has 64 valence electrons. The Bertz CT molecular complexity index is 167. The maximum absolute atomic E-state index is 5.61. The SMILES string of the molecule is CC(C)C1(C)COC12COC2.